The van der Waals surface area contributed by atoms with E-state index in [1.54, 1.807) is 25.2 Å². The largest absolute Gasteiger partial charge is 0.494 e. The topological polar surface area (TPSA) is 130 Å². The molecule has 5 atom stereocenters. The number of amides is 2. The summed E-state index contributed by atoms with van der Waals surface area (Å²) in [6.07, 6.45) is 5.97. The van der Waals surface area contributed by atoms with E-state index in [1.807, 2.05) is 30.7 Å². The predicted molar refractivity (Wildman–Crippen MR) is 172 cm³/mol. The van der Waals surface area contributed by atoms with Gasteiger partial charge in [-0.25, -0.2) is 9.97 Å². The summed E-state index contributed by atoms with van der Waals surface area (Å²) in [5.74, 6) is 2.09. The van der Waals surface area contributed by atoms with Gasteiger partial charge in [-0.05, 0) is 68.9 Å². The Bertz CT molecular complexity index is 1780. The van der Waals surface area contributed by atoms with Crippen LogP contribution in [0.25, 0.3) is 33.6 Å². The van der Waals surface area contributed by atoms with Crippen molar-refractivity contribution in [2.75, 3.05) is 27.3 Å². The second-order valence-corrected chi connectivity index (χ2v) is 13.0. The molecule has 0 unspecified atom stereocenters. The smallest absolute Gasteiger partial charge is 0.254 e. The number of aryl methyl sites for hydroxylation is 2. The van der Waals surface area contributed by atoms with Crippen LogP contribution in [0.1, 0.15) is 67.5 Å². The number of aromatic nitrogens is 4. The second-order valence-electron chi connectivity index (χ2n) is 13.0. The Morgan fingerprint density at radius 3 is 2.69 bits per heavy atom. The van der Waals surface area contributed by atoms with Gasteiger partial charge in [0.1, 0.15) is 16.9 Å². The van der Waals surface area contributed by atoms with Gasteiger partial charge in [0.25, 0.3) is 5.91 Å². The van der Waals surface area contributed by atoms with Crippen molar-refractivity contribution in [2.45, 2.75) is 70.2 Å². The first-order chi connectivity index (χ1) is 21.8. The molecule has 238 valence electrons. The summed E-state index contributed by atoms with van der Waals surface area (Å²) < 4.78 is 15.6. The number of benzene rings is 1. The molecule has 1 saturated carbocycles. The van der Waals surface area contributed by atoms with Gasteiger partial charge in [-0.3, -0.25) is 9.59 Å². The number of nitrogens with one attached hydrogen (secondary N) is 1. The Labute approximate surface area is 263 Å². The van der Waals surface area contributed by atoms with Gasteiger partial charge in [0.2, 0.25) is 5.91 Å². The van der Waals surface area contributed by atoms with E-state index < -0.39 is 0 Å². The lowest BCUT2D eigenvalue weighted by molar-refractivity contribution is -0.123. The third-order valence-corrected chi connectivity index (χ3v) is 10.1. The van der Waals surface area contributed by atoms with E-state index >= 15 is 0 Å². The molecule has 4 aromatic rings. The average Bonchev–Trinajstić information content (AvgIpc) is 3.63. The third kappa shape index (κ3) is 5.35. The summed E-state index contributed by atoms with van der Waals surface area (Å²) in [5.41, 5.74) is 11.0. The molecule has 5 heterocycles. The lowest BCUT2D eigenvalue weighted by Crippen LogP contribution is -2.53. The van der Waals surface area contributed by atoms with Gasteiger partial charge in [0.15, 0.2) is 5.82 Å². The molecule has 0 spiro atoms. The molecule has 2 bridgehead atoms. The minimum atomic E-state index is -0.233. The number of likely N-dealkylation sites (tertiary alicyclic amines) is 1. The van der Waals surface area contributed by atoms with Crippen LogP contribution < -0.4 is 15.8 Å². The highest BCUT2D eigenvalue weighted by atomic mass is 16.5. The minimum absolute atomic E-state index is 0.0500. The number of imidazole rings is 1. The van der Waals surface area contributed by atoms with Crippen LogP contribution >= 0.6 is 0 Å². The summed E-state index contributed by atoms with van der Waals surface area (Å²) in [4.78, 5) is 38.5. The van der Waals surface area contributed by atoms with E-state index in [0.717, 1.165) is 72.4 Å². The van der Waals surface area contributed by atoms with Crippen LogP contribution in [0.2, 0.25) is 0 Å². The fraction of sp³-hybridized carbons (Fsp3) is 0.529. The van der Waals surface area contributed by atoms with E-state index in [1.165, 1.54) is 0 Å². The molecule has 1 aliphatic carbocycles. The summed E-state index contributed by atoms with van der Waals surface area (Å²) >= 11 is 0. The van der Waals surface area contributed by atoms with Crippen molar-refractivity contribution in [3.63, 3.8) is 0 Å². The Hall–Kier alpha value is -3.96. The van der Waals surface area contributed by atoms with Crippen LogP contribution in [0.3, 0.4) is 0 Å². The number of fused-ring (bicyclic) bond motifs is 3. The fourth-order valence-electron chi connectivity index (χ4n) is 7.37. The first-order valence-corrected chi connectivity index (χ1v) is 16.2. The monoisotopic (exact) mass is 613 g/mol. The lowest BCUT2D eigenvalue weighted by Gasteiger charge is -2.36. The highest BCUT2D eigenvalue weighted by Gasteiger charge is 2.42. The standard InChI is InChI=1S/C34H43N7O4/c1-19-25-10-9-21-16-27(41(31(21)37-25)12-7-5-6-8-20-14-23(20)33(42)36-19)32-38-26-15-22(17-29(45-4)30(26)39(32)2)34(43)40-13-11-28(44-3)24(35)18-40/h9-10,15-17,19-20,23-24,28H,5-8,11-14,18,35H2,1-4H3,(H,36,42)/t19-,20-,23+,24+,28-/m1/s1. The van der Waals surface area contributed by atoms with E-state index in [0.29, 0.717) is 42.3 Å². The molecule has 3 aliphatic rings. The first-order valence-electron chi connectivity index (χ1n) is 16.2. The molecule has 2 fully saturated rings. The number of pyridine rings is 1. The quantitative estimate of drug-likeness (QED) is 0.353. The number of hydrogen-bond acceptors (Lipinski definition) is 7. The number of piperidine rings is 1. The Morgan fingerprint density at radius 1 is 1.07 bits per heavy atom. The van der Waals surface area contributed by atoms with Crippen molar-refractivity contribution in [1.82, 2.24) is 29.3 Å². The molecular formula is C34H43N7O4. The molecule has 0 radical (unpaired) electrons. The van der Waals surface area contributed by atoms with Gasteiger partial charge in [0, 0.05) is 56.7 Å². The number of carbonyl (C=O) groups is 2. The van der Waals surface area contributed by atoms with Gasteiger partial charge in [-0.1, -0.05) is 12.8 Å². The normalized spacial score (nSPS) is 25.7. The van der Waals surface area contributed by atoms with Gasteiger partial charge < -0.3 is 34.6 Å². The van der Waals surface area contributed by atoms with Crippen LogP contribution in [-0.4, -0.2) is 75.3 Å². The number of methoxy groups -OCH3 is 2. The zero-order valence-corrected chi connectivity index (χ0v) is 26.6. The van der Waals surface area contributed by atoms with E-state index in [4.69, 9.17) is 25.2 Å². The van der Waals surface area contributed by atoms with Crippen molar-refractivity contribution in [1.29, 1.82) is 0 Å². The predicted octanol–water partition coefficient (Wildman–Crippen LogP) is 4.17. The molecular weight excluding hydrogens is 570 g/mol. The first kappa shape index (κ1) is 29.7. The molecule has 2 amide bonds. The molecule has 1 aromatic carbocycles. The van der Waals surface area contributed by atoms with Gasteiger partial charge in [-0.2, -0.15) is 0 Å². The fourth-order valence-corrected chi connectivity index (χ4v) is 7.37. The number of hydrogen-bond donors (Lipinski definition) is 2. The van der Waals surface area contributed by atoms with Gasteiger partial charge in [0.05, 0.1) is 36.2 Å². The van der Waals surface area contributed by atoms with E-state index in [-0.39, 0.29) is 35.9 Å². The van der Waals surface area contributed by atoms with Crippen LogP contribution in [0, 0.1) is 11.8 Å². The molecule has 3 N–H and O–H groups in total. The lowest BCUT2D eigenvalue weighted by atomic mass is 10.0. The Kier molecular flexibility index (Phi) is 7.77. The second kappa shape index (κ2) is 11.8. The minimum Gasteiger partial charge on any atom is -0.494 e. The summed E-state index contributed by atoms with van der Waals surface area (Å²) in [5, 5.41) is 4.23. The van der Waals surface area contributed by atoms with Crippen molar-refractivity contribution < 1.29 is 19.1 Å². The van der Waals surface area contributed by atoms with Crippen molar-refractivity contribution in [3.8, 4) is 17.3 Å². The summed E-state index contributed by atoms with van der Waals surface area (Å²) in [7, 11) is 5.27. The number of nitrogens with zero attached hydrogens (tertiary/aromatic N) is 5. The zero-order valence-electron chi connectivity index (χ0n) is 26.6. The molecule has 11 nitrogen and oxygen atoms in total. The van der Waals surface area contributed by atoms with Crippen LogP contribution in [-0.2, 0) is 23.1 Å². The molecule has 3 aromatic heterocycles. The maximum Gasteiger partial charge on any atom is 0.254 e. The Balaban J connectivity index is 1.27. The van der Waals surface area contributed by atoms with Gasteiger partial charge >= 0.3 is 0 Å². The molecule has 1 saturated heterocycles. The maximum absolute atomic E-state index is 13.6. The number of nitrogens with two attached hydrogens (primary N) is 1. The highest BCUT2D eigenvalue weighted by Crippen LogP contribution is 2.43. The highest BCUT2D eigenvalue weighted by molar-refractivity contribution is 6.00. The summed E-state index contributed by atoms with van der Waals surface area (Å²) in [6, 6.07) is 9.49. The average molecular weight is 614 g/mol. The van der Waals surface area contributed by atoms with Crippen molar-refractivity contribution in [3.05, 3.63) is 41.6 Å². The van der Waals surface area contributed by atoms with Crippen molar-refractivity contribution >= 4 is 33.9 Å². The number of carbonyl (C=O) groups excluding carboxylic acids is 2. The van der Waals surface area contributed by atoms with Crippen LogP contribution in [0.5, 0.6) is 5.75 Å². The molecule has 45 heavy (non-hydrogen) atoms. The molecule has 2 aliphatic heterocycles. The SMILES string of the molecule is COc1cc(C(=O)N2CC[C@@H](OC)[C@@H](N)C2)cc2nc(-c3cc4ccc5nc4n3CCCCC[C@@H]3C[C@@H]3C(=O)N[C@@H]5C)n(C)c12. The third-order valence-electron chi connectivity index (χ3n) is 10.1. The van der Waals surface area contributed by atoms with E-state index in [2.05, 4.69) is 22.0 Å². The van der Waals surface area contributed by atoms with E-state index in [9.17, 15) is 9.59 Å². The maximum atomic E-state index is 13.6. The van der Waals surface area contributed by atoms with Crippen LogP contribution in [0.4, 0.5) is 0 Å². The molecule has 11 heteroatoms. The van der Waals surface area contributed by atoms with Crippen LogP contribution in [0.15, 0.2) is 30.3 Å². The number of rotatable bonds is 4. The Morgan fingerprint density at radius 2 is 1.91 bits per heavy atom. The zero-order chi connectivity index (χ0) is 31.4. The number of ether oxygens (including phenoxy) is 2. The molecule has 7 rings (SSSR count). The summed E-state index contributed by atoms with van der Waals surface area (Å²) in [6.45, 7) is 3.83. The van der Waals surface area contributed by atoms with Crippen molar-refractivity contribution in [2.24, 2.45) is 24.6 Å². The van der Waals surface area contributed by atoms with Gasteiger partial charge in [-0.15, -0.1) is 0 Å².